The van der Waals surface area contributed by atoms with Crippen LogP contribution in [0.1, 0.15) is 33.1 Å². The molecule has 1 nitrogen and oxygen atoms in total. The fourth-order valence-corrected chi connectivity index (χ4v) is 2.80. The molecule has 2 N–H and O–H groups in total. The van der Waals surface area contributed by atoms with Crippen molar-refractivity contribution in [1.29, 1.82) is 0 Å². The molecule has 0 aromatic heterocycles. The topological polar surface area (TPSA) is 26.0 Å². The third-order valence-corrected chi connectivity index (χ3v) is 3.79. The quantitative estimate of drug-likeness (QED) is 0.588. The second-order valence-electron chi connectivity index (χ2n) is 4.40. The van der Waals surface area contributed by atoms with Gasteiger partial charge in [0, 0.05) is 6.04 Å². The van der Waals surface area contributed by atoms with Crippen molar-refractivity contribution in [2.24, 2.45) is 23.0 Å². The summed E-state index contributed by atoms with van der Waals surface area (Å²) in [5, 5.41) is 0. The van der Waals surface area contributed by atoms with Crippen LogP contribution in [0, 0.1) is 17.3 Å². The Bertz CT molecular complexity index is 153. The summed E-state index contributed by atoms with van der Waals surface area (Å²) in [4.78, 5) is 0. The van der Waals surface area contributed by atoms with E-state index in [9.17, 15) is 0 Å². The van der Waals surface area contributed by atoms with Gasteiger partial charge >= 0.3 is 0 Å². The molecule has 1 heteroatoms. The highest BCUT2D eigenvalue weighted by Gasteiger charge is 2.61. The second-order valence-corrected chi connectivity index (χ2v) is 4.40. The molecule has 2 saturated carbocycles. The largest absolute Gasteiger partial charge is 0.327 e. The van der Waals surface area contributed by atoms with E-state index in [-0.39, 0.29) is 0 Å². The van der Waals surface area contributed by atoms with Crippen LogP contribution in [0.4, 0.5) is 0 Å². The van der Waals surface area contributed by atoms with Gasteiger partial charge in [0.25, 0.3) is 0 Å². The Morgan fingerprint density at radius 2 is 2.20 bits per heavy atom. The molecule has 2 rings (SSSR count). The molecule has 0 radical (unpaired) electrons. The van der Waals surface area contributed by atoms with Gasteiger partial charge in [-0.1, -0.05) is 13.8 Å². The standard InChI is InChI=1S/C9H17N/c1-6(2)9-4-3-8(10)7(9)5-9/h6-8H,3-5,10H2,1-2H3/t7-,8-,9-/m1/s1. The van der Waals surface area contributed by atoms with Crippen LogP contribution in [-0.2, 0) is 0 Å². The third-order valence-electron chi connectivity index (χ3n) is 3.79. The Labute approximate surface area is 63.0 Å². The van der Waals surface area contributed by atoms with Gasteiger partial charge in [-0.15, -0.1) is 0 Å². The average molecular weight is 139 g/mol. The van der Waals surface area contributed by atoms with Crippen molar-refractivity contribution in [1.82, 2.24) is 0 Å². The van der Waals surface area contributed by atoms with Crippen LogP contribution in [0.25, 0.3) is 0 Å². The molecule has 0 bridgehead atoms. The molecule has 0 unspecified atom stereocenters. The fraction of sp³-hybridized carbons (Fsp3) is 1.00. The lowest BCUT2D eigenvalue weighted by Gasteiger charge is -2.15. The van der Waals surface area contributed by atoms with E-state index in [0.717, 1.165) is 11.8 Å². The van der Waals surface area contributed by atoms with Crippen molar-refractivity contribution in [3.8, 4) is 0 Å². The minimum atomic E-state index is 0.544. The summed E-state index contributed by atoms with van der Waals surface area (Å²) < 4.78 is 0. The average Bonchev–Trinajstić information content (AvgIpc) is 2.52. The summed E-state index contributed by atoms with van der Waals surface area (Å²) >= 11 is 0. The molecule has 58 valence electrons. The lowest BCUT2D eigenvalue weighted by Crippen LogP contribution is -2.19. The highest BCUT2D eigenvalue weighted by molar-refractivity contribution is 5.13. The minimum absolute atomic E-state index is 0.544. The Morgan fingerprint density at radius 3 is 2.40 bits per heavy atom. The molecule has 0 aromatic carbocycles. The van der Waals surface area contributed by atoms with Gasteiger partial charge in [-0.25, -0.2) is 0 Å². The summed E-state index contributed by atoms with van der Waals surface area (Å²) in [7, 11) is 0. The zero-order valence-corrected chi connectivity index (χ0v) is 6.93. The Balaban J connectivity index is 2.11. The van der Waals surface area contributed by atoms with Gasteiger partial charge in [0.2, 0.25) is 0 Å². The third kappa shape index (κ3) is 0.619. The van der Waals surface area contributed by atoms with Gasteiger partial charge in [0.1, 0.15) is 0 Å². The summed E-state index contributed by atoms with van der Waals surface area (Å²) in [5.74, 6) is 1.76. The van der Waals surface area contributed by atoms with E-state index in [1.54, 1.807) is 0 Å². The molecule has 0 amide bonds. The lowest BCUT2D eigenvalue weighted by atomic mass is 9.90. The Hall–Kier alpha value is -0.0400. The van der Waals surface area contributed by atoms with Gasteiger partial charge in [0.05, 0.1) is 0 Å². The molecular weight excluding hydrogens is 122 g/mol. The smallest absolute Gasteiger partial charge is 0.00729 e. The number of rotatable bonds is 1. The van der Waals surface area contributed by atoms with E-state index in [1.165, 1.54) is 19.3 Å². The molecule has 3 atom stereocenters. The number of hydrogen-bond acceptors (Lipinski definition) is 1. The molecule has 0 aromatic rings. The van der Waals surface area contributed by atoms with Crippen LogP contribution in [0.3, 0.4) is 0 Å². The highest BCUT2D eigenvalue weighted by Crippen LogP contribution is 2.66. The zero-order chi connectivity index (χ0) is 7.35. The molecule has 2 fully saturated rings. The fourth-order valence-electron chi connectivity index (χ4n) is 2.80. The Morgan fingerprint density at radius 1 is 1.50 bits per heavy atom. The zero-order valence-electron chi connectivity index (χ0n) is 6.93. The van der Waals surface area contributed by atoms with Gasteiger partial charge in [-0.05, 0) is 36.5 Å². The molecule has 2 aliphatic rings. The van der Waals surface area contributed by atoms with E-state index in [0.29, 0.717) is 11.5 Å². The maximum atomic E-state index is 5.94. The van der Waals surface area contributed by atoms with Crippen LogP contribution in [-0.4, -0.2) is 6.04 Å². The van der Waals surface area contributed by atoms with Crippen LogP contribution < -0.4 is 5.73 Å². The van der Waals surface area contributed by atoms with Crippen LogP contribution >= 0.6 is 0 Å². The van der Waals surface area contributed by atoms with Crippen molar-refractivity contribution in [3.63, 3.8) is 0 Å². The first-order chi connectivity index (χ1) is 4.67. The van der Waals surface area contributed by atoms with E-state index in [2.05, 4.69) is 13.8 Å². The highest BCUT2D eigenvalue weighted by atomic mass is 14.8. The predicted molar refractivity (Wildman–Crippen MR) is 42.6 cm³/mol. The first kappa shape index (κ1) is 6.66. The monoisotopic (exact) mass is 139 g/mol. The molecule has 2 aliphatic carbocycles. The van der Waals surface area contributed by atoms with Crippen molar-refractivity contribution < 1.29 is 0 Å². The SMILES string of the molecule is CC(C)[C@]12CC[C@@H](N)[C@H]1C2. The van der Waals surface area contributed by atoms with Crippen LogP contribution in [0.2, 0.25) is 0 Å². The number of fused-ring (bicyclic) bond motifs is 1. The van der Waals surface area contributed by atoms with E-state index in [4.69, 9.17) is 5.73 Å². The van der Waals surface area contributed by atoms with Crippen molar-refractivity contribution in [3.05, 3.63) is 0 Å². The molecule has 0 heterocycles. The number of nitrogens with two attached hydrogens (primary N) is 1. The summed E-state index contributed by atoms with van der Waals surface area (Å²) in [6, 6.07) is 0.544. The molecule has 0 saturated heterocycles. The molecule has 0 spiro atoms. The van der Waals surface area contributed by atoms with Gasteiger partial charge < -0.3 is 5.73 Å². The van der Waals surface area contributed by atoms with Crippen molar-refractivity contribution in [2.45, 2.75) is 39.2 Å². The molecular formula is C9H17N. The number of hydrogen-bond donors (Lipinski definition) is 1. The van der Waals surface area contributed by atoms with Gasteiger partial charge in [-0.3, -0.25) is 0 Å². The maximum Gasteiger partial charge on any atom is 0.00729 e. The predicted octanol–water partition coefficient (Wildman–Crippen LogP) is 1.77. The van der Waals surface area contributed by atoms with E-state index < -0.39 is 0 Å². The van der Waals surface area contributed by atoms with Crippen LogP contribution in [0.5, 0.6) is 0 Å². The maximum absolute atomic E-state index is 5.94. The Kier molecular flexibility index (Phi) is 1.17. The van der Waals surface area contributed by atoms with Crippen molar-refractivity contribution in [2.75, 3.05) is 0 Å². The first-order valence-electron chi connectivity index (χ1n) is 4.42. The van der Waals surface area contributed by atoms with E-state index in [1.807, 2.05) is 0 Å². The summed E-state index contributed by atoms with van der Waals surface area (Å²) in [6.45, 7) is 4.69. The van der Waals surface area contributed by atoms with E-state index >= 15 is 0 Å². The minimum Gasteiger partial charge on any atom is -0.327 e. The summed E-state index contributed by atoms with van der Waals surface area (Å²) in [5.41, 5.74) is 6.65. The van der Waals surface area contributed by atoms with Crippen LogP contribution in [0.15, 0.2) is 0 Å². The second kappa shape index (κ2) is 1.76. The van der Waals surface area contributed by atoms with Gasteiger partial charge in [-0.2, -0.15) is 0 Å². The lowest BCUT2D eigenvalue weighted by molar-refractivity contribution is 0.343. The molecule has 10 heavy (non-hydrogen) atoms. The first-order valence-corrected chi connectivity index (χ1v) is 4.42. The summed E-state index contributed by atoms with van der Waals surface area (Å²) in [6.07, 6.45) is 4.10. The van der Waals surface area contributed by atoms with Crippen molar-refractivity contribution >= 4 is 0 Å². The normalized spacial score (nSPS) is 51.6. The molecule has 0 aliphatic heterocycles. The van der Waals surface area contributed by atoms with Gasteiger partial charge in [0.15, 0.2) is 0 Å².